The van der Waals surface area contributed by atoms with Crippen LogP contribution in [0.5, 0.6) is 0 Å². The largest absolute Gasteiger partial charge is 0.399 e. The second kappa shape index (κ2) is 6.24. The number of hydrogen-bond acceptors (Lipinski definition) is 2. The van der Waals surface area contributed by atoms with Crippen molar-refractivity contribution in [2.24, 2.45) is 0 Å². The lowest BCUT2D eigenvalue weighted by molar-refractivity contribution is -0.116. The van der Waals surface area contributed by atoms with E-state index >= 15 is 0 Å². The third-order valence-electron chi connectivity index (χ3n) is 3.31. The van der Waals surface area contributed by atoms with Gasteiger partial charge in [-0.25, -0.2) is 0 Å². The molecule has 0 aromatic heterocycles. The minimum Gasteiger partial charge on any atom is -0.399 e. The van der Waals surface area contributed by atoms with Crippen molar-refractivity contribution < 1.29 is 4.79 Å². The van der Waals surface area contributed by atoms with Gasteiger partial charge in [-0.1, -0.05) is 29.8 Å². The van der Waals surface area contributed by atoms with Crippen LogP contribution in [0.1, 0.15) is 23.1 Å². The van der Waals surface area contributed by atoms with E-state index < -0.39 is 0 Å². The van der Waals surface area contributed by atoms with Crippen LogP contribution in [0.25, 0.3) is 0 Å². The molecule has 20 heavy (non-hydrogen) atoms. The topological polar surface area (TPSA) is 55.1 Å². The number of nitrogens with two attached hydrogens (primary N) is 1. The van der Waals surface area contributed by atoms with Crippen molar-refractivity contribution in [3.8, 4) is 0 Å². The first-order valence-electron chi connectivity index (χ1n) is 6.76. The van der Waals surface area contributed by atoms with E-state index in [2.05, 4.69) is 36.5 Å². The molecule has 104 valence electrons. The van der Waals surface area contributed by atoms with Gasteiger partial charge in [0, 0.05) is 17.8 Å². The first kappa shape index (κ1) is 14.1. The highest BCUT2D eigenvalue weighted by atomic mass is 16.1. The Balaban J connectivity index is 1.89. The molecular weight excluding hydrogens is 248 g/mol. The molecule has 2 aromatic carbocycles. The maximum atomic E-state index is 11.9. The quantitative estimate of drug-likeness (QED) is 0.834. The van der Waals surface area contributed by atoms with Crippen LogP contribution in [0.3, 0.4) is 0 Å². The van der Waals surface area contributed by atoms with Gasteiger partial charge in [-0.2, -0.15) is 0 Å². The molecule has 2 rings (SSSR count). The molecule has 0 aliphatic rings. The summed E-state index contributed by atoms with van der Waals surface area (Å²) >= 11 is 0. The van der Waals surface area contributed by atoms with Gasteiger partial charge in [0.2, 0.25) is 5.91 Å². The smallest absolute Gasteiger partial charge is 0.224 e. The predicted octanol–water partition coefficient (Wildman–Crippen LogP) is 3.46. The molecule has 0 aliphatic heterocycles. The van der Waals surface area contributed by atoms with Crippen molar-refractivity contribution in [2.45, 2.75) is 26.7 Å². The van der Waals surface area contributed by atoms with Gasteiger partial charge in [0.05, 0.1) is 0 Å². The summed E-state index contributed by atoms with van der Waals surface area (Å²) in [6.07, 6.45) is 1.23. The standard InChI is InChI=1S/C17H20N2O/c1-12-3-5-14(6-4-12)7-10-17(20)19-15-8-9-16(18)13(2)11-15/h3-6,8-9,11H,7,10,18H2,1-2H3,(H,19,20). The number of anilines is 2. The van der Waals surface area contributed by atoms with Crippen LogP contribution in [0.2, 0.25) is 0 Å². The van der Waals surface area contributed by atoms with E-state index in [1.54, 1.807) is 0 Å². The average molecular weight is 268 g/mol. The Morgan fingerprint density at radius 1 is 1.10 bits per heavy atom. The fraction of sp³-hybridized carbons (Fsp3) is 0.235. The van der Waals surface area contributed by atoms with Gasteiger partial charge in [0.15, 0.2) is 0 Å². The molecule has 0 aliphatic carbocycles. The molecule has 3 heteroatoms. The molecule has 0 bridgehead atoms. The first-order valence-corrected chi connectivity index (χ1v) is 6.76. The summed E-state index contributed by atoms with van der Waals surface area (Å²) in [4.78, 5) is 11.9. The maximum absolute atomic E-state index is 11.9. The van der Waals surface area contributed by atoms with E-state index in [-0.39, 0.29) is 5.91 Å². The van der Waals surface area contributed by atoms with Gasteiger partial charge in [-0.15, -0.1) is 0 Å². The Kier molecular flexibility index (Phi) is 4.41. The Bertz CT molecular complexity index is 603. The van der Waals surface area contributed by atoms with Crippen LogP contribution in [0.4, 0.5) is 11.4 Å². The molecule has 3 nitrogen and oxygen atoms in total. The van der Waals surface area contributed by atoms with E-state index in [1.165, 1.54) is 11.1 Å². The van der Waals surface area contributed by atoms with E-state index in [0.717, 1.165) is 23.4 Å². The van der Waals surface area contributed by atoms with Crippen LogP contribution < -0.4 is 11.1 Å². The van der Waals surface area contributed by atoms with Gasteiger partial charge in [-0.05, 0) is 49.6 Å². The minimum atomic E-state index is 0.0229. The third kappa shape index (κ3) is 3.85. The van der Waals surface area contributed by atoms with Crippen molar-refractivity contribution >= 4 is 17.3 Å². The summed E-state index contributed by atoms with van der Waals surface area (Å²) in [6, 6.07) is 13.8. The minimum absolute atomic E-state index is 0.0229. The van der Waals surface area contributed by atoms with Crippen molar-refractivity contribution in [2.75, 3.05) is 11.1 Å². The van der Waals surface area contributed by atoms with E-state index in [9.17, 15) is 4.79 Å². The van der Waals surface area contributed by atoms with Crippen molar-refractivity contribution in [1.82, 2.24) is 0 Å². The molecule has 0 saturated heterocycles. The molecule has 0 heterocycles. The number of amides is 1. The molecule has 0 saturated carbocycles. The fourth-order valence-electron chi connectivity index (χ4n) is 1.99. The van der Waals surface area contributed by atoms with Crippen LogP contribution in [0.15, 0.2) is 42.5 Å². The number of benzene rings is 2. The summed E-state index contributed by atoms with van der Waals surface area (Å²) < 4.78 is 0. The number of carbonyl (C=O) groups is 1. The van der Waals surface area contributed by atoms with Crippen LogP contribution in [-0.4, -0.2) is 5.91 Å². The summed E-state index contributed by atoms with van der Waals surface area (Å²) in [6.45, 7) is 3.98. The Morgan fingerprint density at radius 3 is 2.45 bits per heavy atom. The van der Waals surface area contributed by atoms with Crippen molar-refractivity contribution in [3.63, 3.8) is 0 Å². The highest BCUT2D eigenvalue weighted by Crippen LogP contribution is 2.17. The summed E-state index contributed by atoms with van der Waals surface area (Å²) in [7, 11) is 0. The SMILES string of the molecule is Cc1ccc(CCC(=O)Nc2ccc(N)c(C)c2)cc1. The summed E-state index contributed by atoms with van der Waals surface area (Å²) in [5.74, 6) is 0.0229. The number of nitrogen functional groups attached to an aromatic ring is 1. The highest BCUT2D eigenvalue weighted by Gasteiger charge is 2.04. The second-order valence-corrected chi connectivity index (χ2v) is 5.11. The zero-order valence-electron chi connectivity index (χ0n) is 11.9. The number of rotatable bonds is 4. The van der Waals surface area contributed by atoms with Crippen molar-refractivity contribution in [1.29, 1.82) is 0 Å². The van der Waals surface area contributed by atoms with Gasteiger partial charge in [0.25, 0.3) is 0 Å². The lowest BCUT2D eigenvalue weighted by Crippen LogP contribution is -2.12. The normalized spacial score (nSPS) is 10.3. The monoisotopic (exact) mass is 268 g/mol. The van der Waals surface area contributed by atoms with Gasteiger partial charge < -0.3 is 11.1 Å². The van der Waals surface area contributed by atoms with Gasteiger partial charge in [0.1, 0.15) is 0 Å². The summed E-state index contributed by atoms with van der Waals surface area (Å²) in [5, 5.41) is 2.90. The maximum Gasteiger partial charge on any atom is 0.224 e. The number of carbonyl (C=O) groups excluding carboxylic acids is 1. The van der Waals surface area contributed by atoms with E-state index in [4.69, 9.17) is 5.73 Å². The first-order chi connectivity index (χ1) is 9.54. The third-order valence-corrected chi connectivity index (χ3v) is 3.31. The molecular formula is C17H20N2O. The molecule has 0 unspecified atom stereocenters. The number of aryl methyl sites for hydroxylation is 3. The molecule has 2 aromatic rings. The molecule has 0 radical (unpaired) electrons. The van der Waals surface area contributed by atoms with Crippen LogP contribution in [0, 0.1) is 13.8 Å². The van der Waals surface area contributed by atoms with Crippen LogP contribution >= 0.6 is 0 Å². The van der Waals surface area contributed by atoms with E-state index in [1.807, 2.05) is 25.1 Å². The predicted molar refractivity (Wildman–Crippen MR) is 83.7 cm³/mol. The molecule has 1 amide bonds. The second-order valence-electron chi connectivity index (χ2n) is 5.11. The Hall–Kier alpha value is -2.29. The average Bonchev–Trinajstić information content (AvgIpc) is 2.42. The molecule has 0 fully saturated rings. The van der Waals surface area contributed by atoms with Gasteiger partial charge in [-0.3, -0.25) is 4.79 Å². The highest BCUT2D eigenvalue weighted by molar-refractivity contribution is 5.91. The molecule has 0 spiro atoms. The lowest BCUT2D eigenvalue weighted by Gasteiger charge is -2.08. The molecule has 0 atom stereocenters. The van der Waals surface area contributed by atoms with Crippen molar-refractivity contribution in [3.05, 3.63) is 59.2 Å². The lowest BCUT2D eigenvalue weighted by atomic mass is 10.1. The zero-order chi connectivity index (χ0) is 14.5. The summed E-state index contributed by atoms with van der Waals surface area (Å²) in [5.41, 5.74) is 10.7. The molecule has 3 N–H and O–H groups in total. The van der Waals surface area contributed by atoms with Crippen LogP contribution in [-0.2, 0) is 11.2 Å². The number of hydrogen-bond donors (Lipinski definition) is 2. The van der Waals surface area contributed by atoms with Gasteiger partial charge >= 0.3 is 0 Å². The zero-order valence-corrected chi connectivity index (χ0v) is 11.9. The van der Waals surface area contributed by atoms with E-state index in [0.29, 0.717) is 6.42 Å². The fourth-order valence-corrected chi connectivity index (χ4v) is 1.99. The number of nitrogens with one attached hydrogen (secondary N) is 1. The Labute approximate surface area is 119 Å². The Morgan fingerprint density at radius 2 is 1.80 bits per heavy atom.